The van der Waals surface area contributed by atoms with Gasteiger partial charge in [-0.15, -0.1) is 5.11 Å². The first kappa shape index (κ1) is 22.2. The number of urea groups is 1. The Balaban J connectivity index is 1.45. The van der Waals surface area contributed by atoms with Crippen LogP contribution < -0.4 is 10.6 Å². The zero-order valence-corrected chi connectivity index (χ0v) is 17.2. The van der Waals surface area contributed by atoms with Crippen LogP contribution in [0.3, 0.4) is 0 Å². The van der Waals surface area contributed by atoms with Crippen LogP contribution in [0.4, 0.5) is 4.79 Å². The minimum atomic E-state index is -2.03. The van der Waals surface area contributed by atoms with Crippen molar-refractivity contribution in [3.63, 3.8) is 0 Å². The number of aromatic nitrogens is 4. The minimum Gasteiger partial charge on any atom is -0.343 e. The van der Waals surface area contributed by atoms with Gasteiger partial charge in [0.15, 0.2) is 0 Å². The summed E-state index contributed by atoms with van der Waals surface area (Å²) in [5, 5.41) is 5.39. The molecule has 3 aromatic rings. The summed E-state index contributed by atoms with van der Waals surface area (Å²) in [6.45, 7) is 1.91. The second kappa shape index (κ2) is 8.14. The molecule has 0 unspecified atom stereocenters. The van der Waals surface area contributed by atoms with E-state index in [-0.39, 0.29) is 18.3 Å². The molecule has 4 rings (SSSR count). The molecule has 0 bridgehead atoms. The van der Waals surface area contributed by atoms with E-state index in [1.165, 1.54) is 12.3 Å². The number of benzene rings is 1. The Kier molecular flexibility index (Phi) is 5.64. The second-order valence-electron chi connectivity index (χ2n) is 7.76. The maximum atomic E-state index is 12.7. The van der Waals surface area contributed by atoms with Crippen molar-refractivity contribution in [2.45, 2.75) is 23.5 Å². The van der Waals surface area contributed by atoms with Crippen molar-refractivity contribution in [2.75, 3.05) is 13.1 Å². The fourth-order valence-electron chi connectivity index (χ4n) is 3.38. The van der Waals surface area contributed by atoms with E-state index in [9.17, 15) is 9.59 Å². The molecule has 1 aliphatic rings. The Hall–Kier alpha value is -3.04. The number of hydrogen-bond donors (Lipinski definition) is 3. The van der Waals surface area contributed by atoms with Gasteiger partial charge in [0.05, 0.1) is 56.8 Å². The van der Waals surface area contributed by atoms with Crippen LogP contribution in [0.1, 0.15) is 21.9 Å². The second-order valence-corrected chi connectivity index (χ2v) is 7.76. The van der Waals surface area contributed by atoms with Crippen molar-refractivity contribution in [3.05, 3.63) is 47.5 Å². The summed E-state index contributed by atoms with van der Waals surface area (Å²) in [6.07, 6.45) is 1.33. The maximum absolute atomic E-state index is 12.7. The van der Waals surface area contributed by atoms with Crippen LogP contribution in [0.2, 0.25) is 5.11 Å². The van der Waals surface area contributed by atoms with E-state index in [1.807, 2.05) is 18.2 Å². The third kappa shape index (κ3) is 4.18. The van der Waals surface area contributed by atoms with Gasteiger partial charge < -0.3 is 20.5 Å². The van der Waals surface area contributed by atoms with Gasteiger partial charge in [-0.25, -0.2) is 9.78 Å². The Morgan fingerprint density at radius 3 is 2.66 bits per heavy atom. The van der Waals surface area contributed by atoms with Gasteiger partial charge in [-0.05, 0) is 29.1 Å². The molecule has 1 aromatic carbocycles. The number of hydrogen-bond acceptors (Lipinski definition) is 4. The van der Waals surface area contributed by atoms with Crippen molar-refractivity contribution in [1.29, 1.82) is 0 Å². The van der Waals surface area contributed by atoms with Crippen molar-refractivity contribution >= 4 is 62.2 Å². The highest BCUT2D eigenvalue weighted by Crippen LogP contribution is 2.30. The molecule has 10 radical (unpaired) electrons. The number of imidazole rings is 1. The third-order valence-corrected chi connectivity index (χ3v) is 5.25. The summed E-state index contributed by atoms with van der Waals surface area (Å²) in [6, 6.07) is 7.03. The van der Waals surface area contributed by atoms with E-state index < -0.39 is 16.4 Å². The first-order chi connectivity index (χ1) is 15.1. The topological polar surface area (TPSA) is 108 Å². The number of H-pyrrole nitrogens is 1. The van der Waals surface area contributed by atoms with Gasteiger partial charge in [-0.1, -0.05) is 6.07 Å². The molecule has 1 aliphatic heterocycles. The molecule has 3 N–H and O–H groups in total. The lowest BCUT2D eigenvalue weighted by Gasteiger charge is -2.42. The fraction of sp³-hybridized carbons (Fsp3) is 0.333. The first-order valence-electron chi connectivity index (χ1n) is 9.83. The van der Waals surface area contributed by atoms with Crippen LogP contribution in [0.15, 0.2) is 30.5 Å². The molecule has 1 fully saturated rings. The van der Waals surface area contributed by atoms with E-state index in [0.29, 0.717) is 25.5 Å². The lowest BCUT2D eigenvalue weighted by atomic mass is 9.26. The quantitative estimate of drug-likeness (QED) is 0.418. The van der Waals surface area contributed by atoms with E-state index in [4.69, 9.17) is 39.2 Å². The van der Waals surface area contributed by atoms with Gasteiger partial charge in [-0.2, -0.15) is 5.10 Å². The zero-order chi connectivity index (χ0) is 23.1. The van der Waals surface area contributed by atoms with E-state index in [2.05, 4.69) is 25.7 Å². The summed E-state index contributed by atoms with van der Waals surface area (Å²) in [5.74, 6) is 0.0151. The Bertz CT molecular complexity index is 1170. The highest BCUT2D eigenvalue weighted by atomic mass is 16.2. The lowest BCUT2D eigenvalue weighted by molar-refractivity contribution is 0.0937. The lowest BCUT2D eigenvalue weighted by Crippen LogP contribution is -2.50. The predicted molar refractivity (Wildman–Crippen MR) is 123 cm³/mol. The molecule has 9 nitrogen and oxygen atoms in total. The molecular weight excluding hydrogens is 400 g/mol. The van der Waals surface area contributed by atoms with Crippen molar-refractivity contribution < 1.29 is 9.59 Å². The average molecular weight is 416 g/mol. The molecule has 0 atom stereocenters. The van der Waals surface area contributed by atoms with Gasteiger partial charge >= 0.3 is 6.03 Å². The fourth-order valence-corrected chi connectivity index (χ4v) is 3.38. The molecule has 1 saturated heterocycles. The largest absolute Gasteiger partial charge is 0.343 e. The van der Waals surface area contributed by atoms with E-state index in [0.717, 1.165) is 21.3 Å². The van der Waals surface area contributed by atoms with Crippen molar-refractivity contribution in [2.24, 2.45) is 0 Å². The standard InChI is InChI=1S/C18H16B5N7O2/c19-17(20,21)18(22,23)30-13(3-4-26-30)15(31)25-8-14-27-11-2-1-10(7-12(11)28-14)9-29-6-5-24-16(29)32/h1-4,7H,5-6,8-9H2,(H,24,32)(H,25,31)(H,27,28). The average Bonchev–Trinajstić information content (AvgIpc) is 3.45. The number of nitrogens with one attached hydrogen (secondary N) is 3. The van der Waals surface area contributed by atoms with Crippen LogP contribution >= 0.6 is 0 Å². The number of amides is 3. The van der Waals surface area contributed by atoms with Gasteiger partial charge in [-0.3, -0.25) is 9.48 Å². The molecule has 32 heavy (non-hydrogen) atoms. The van der Waals surface area contributed by atoms with E-state index in [1.54, 1.807) is 4.90 Å². The number of aromatic amines is 1. The van der Waals surface area contributed by atoms with Crippen LogP contribution in [-0.4, -0.2) is 88.9 Å². The van der Waals surface area contributed by atoms with Gasteiger partial charge in [0.1, 0.15) is 11.5 Å². The molecule has 0 spiro atoms. The number of rotatable bonds is 7. The van der Waals surface area contributed by atoms with Gasteiger partial charge in [0.25, 0.3) is 5.91 Å². The van der Waals surface area contributed by atoms with Gasteiger partial charge in [0.2, 0.25) is 0 Å². The van der Waals surface area contributed by atoms with Crippen LogP contribution in [0.25, 0.3) is 11.0 Å². The summed E-state index contributed by atoms with van der Waals surface area (Å²) < 4.78 is 0.974. The molecule has 3 amide bonds. The SMILES string of the molecule is [B]C([B])([B])C([B])([B])n1nccc1C(=O)NCc1nc2ccc(CN3CCNC3=O)cc2[nH]1. The molecule has 150 valence electrons. The molecule has 3 heterocycles. The summed E-state index contributed by atoms with van der Waals surface area (Å²) in [4.78, 5) is 33.8. The monoisotopic (exact) mass is 417 g/mol. The van der Waals surface area contributed by atoms with Gasteiger partial charge in [0, 0.05) is 25.8 Å². The molecule has 0 aliphatic carbocycles. The number of nitrogens with zero attached hydrogens (tertiary/aromatic N) is 4. The highest BCUT2D eigenvalue weighted by molar-refractivity contribution is 6.66. The summed E-state index contributed by atoms with van der Waals surface area (Å²) in [7, 11) is 28.7. The number of carbonyl (C=O) groups is 2. The Morgan fingerprint density at radius 2 is 1.97 bits per heavy atom. The number of carbonyl (C=O) groups excluding carboxylic acids is 2. The minimum absolute atomic E-state index is 0.0306. The predicted octanol–water partition coefficient (Wildman–Crippen LogP) is -1.26. The first-order valence-corrected chi connectivity index (χ1v) is 9.83. The summed E-state index contributed by atoms with van der Waals surface area (Å²) in [5.41, 5.74) is 2.52. The van der Waals surface area contributed by atoms with Crippen LogP contribution in [0, 0.1) is 0 Å². The Morgan fingerprint density at radius 1 is 1.19 bits per heavy atom. The van der Waals surface area contributed by atoms with Crippen molar-refractivity contribution in [3.8, 4) is 0 Å². The number of fused-ring (bicyclic) bond motifs is 1. The molecule has 14 heteroatoms. The Labute approximate surface area is 191 Å². The smallest absolute Gasteiger partial charge is 0.317 e. The van der Waals surface area contributed by atoms with Crippen LogP contribution in [0.5, 0.6) is 0 Å². The van der Waals surface area contributed by atoms with Crippen LogP contribution in [-0.2, 0) is 18.4 Å². The normalized spacial score (nSPS) is 14.6. The van der Waals surface area contributed by atoms with Crippen molar-refractivity contribution in [1.82, 2.24) is 35.3 Å². The molecular formula is C18H16B5N7O2. The highest BCUT2D eigenvalue weighted by Gasteiger charge is 2.35. The van der Waals surface area contributed by atoms with E-state index >= 15 is 0 Å². The summed E-state index contributed by atoms with van der Waals surface area (Å²) >= 11 is 0. The third-order valence-electron chi connectivity index (χ3n) is 5.25. The zero-order valence-electron chi connectivity index (χ0n) is 17.2. The maximum Gasteiger partial charge on any atom is 0.317 e. The molecule has 2 aromatic heterocycles. The molecule has 0 saturated carbocycles.